The van der Waals surface area contributed by atoms with E-state index in [2.05, 4.69) is 9.72 Å². The van der Waals surface area contributed by atoms with Crippen LogP contribution in [0.5, 0.6) is 5.88 Å². The third-order valence-electron chi connectivity index (χ3n) is 1.92. The van der Waals surface area contributed by atoms with Crippen molar-refractivity contribution in [1.29, 1.82) is 0 Å². The van der Waals surface area contributed by atoms with Gasteiger partial charge in [-0.2, -0.15) is 0 Å². The van der Waals surface area contributed by atoms with E-state index in [0.29, 0.717) is 5.88 Å². The van der Waals surface area contributed by atoms with E-state index in [0.717, 1.165) is 11.1 Å². The van der Waals surface area contributed by atoms with Crippen LogP contribution in [0.2, 0.25) is 0 Å². The zero-order valence-corrected chi connectivity index (χ0v) is 8.98. The molecular weight excluding hydrogens is 194 g/mol. The van der Waals surface area contributed by atoms with Crippen molar-refractivity contribution in [2.24, 2.45) is 0 Å². The van der Waals surface area contributed by atoms with E-state index in [1.54, 1.807) is 19.2 Å². The molecule has 0 bridgehead atoms. The summed E-state index contributed by atoms with van der Waals surface area (Å²) < 4.78 is 9.62. The summed E-state index contributed by atoms with van der Waals surface area (Å²) in [6.45, 7) is 1.80. The smallest absolute Gasteiger partial charge is 0.330 e. The fraction of sp³-hybridized carbons (Fsp3) is 0.273. The summed E-state index contributed by atoms with van der Waals surface area (Å²) in [6, 6.07) is 3.62. The van der Waals surface area contributed by atoms with Crippen molar-refractivity contribution in [3.8, 4) is 5.88 Å². The highest BCUT2D eigenvalue weighted by molar-refractivity contribution is 5.91. The zero-order valence-electron chi connectivity index (χ0n) is 8.98. The van der Waals surface area contributed by atoms with Crippen LogP contribution in [-0.2, 0) is 9.53 Å². The molecule has 1 heterocycles. The van der Waals surface area contributed by atoms with E-state index < -0.39 is 5.97 Å². The van der Waals surface area contributed by atoms with Crippen LogP contribution in [0.4, 0.5) is 0 Å². The average Bonchev–Trinajstić information content (AvgIpc) is 2.28. The molecule has 0 radical (unpaired) electrons. The number of aromatic nitrogens is 1. The molecule has 1 aromatic heterocycles. The molecule has 0 aliphatic heterocycles. The number of hydrogen-bond acceptors (Lipinski definition) is 4. The van der Waals surface area contributed by atoms with Gasteiger partial charge < -0.3 is 9.47 Å². The van der Waals surface area contributed by atoms with Crippen molar-refractivity contribution in [3.63, 3.8) is 0 Å². The van der Waals surface area contributed by atoms with Crippen molar-refractivity contribution in [2.75, 3.05) is 14.2 Å². The second-order valence-corrected chi connectivity index (χ2v) is 2.91. The molecule has 80 valence electrons. The number of pyridine rings is 1. The standard InChI is InChI=1S/C11H13NO3/c1-8(7-10(13)14-2)9-5-4-6-12-11(9)15-3/h4-7H,1-3H3/b8-7-. The molecule has 0 spiro atoms. The van der Waals surface area contributed by atoms with Crippen molar-refractivity contribution >= 4 is 11.5 Å². The average molecular weight is 207 g/mol. The molecule has 0 saturated carbocycles. The first-order valence-corrected chi connectivity index (χ1v) is 4.44. The summed E-state index contributed by atoms with van der Waals surface area (Å²) in [4.78, 5) is 15.1. The van der Waals surface area contributed by atoms with Gasteiger partial charge in [-0.1, -0.05) is 0 Å². The number of carbonyl (C=O) groups is 1. The third-order valence-corrected chi connectivity index (χ3v) is 1.92. The van der Waals surface area contributed by atoms with Crippen LogP contribution in [0.3, 0.4) is 0 Å². The number of allylic oxidation sites excluding steroid dienone is 1. The fourth-order valence-corrected chi connectivity index (χ4v) is 1.17. The van der Waals surface area contributed by atoms with Crippen molar-refractivity contribution in [3.05, 3.63) is 30.0 Å². The highest BCUT2D eigenvalue weighted by Crippen LogP contribution is 2.22. The molecule has 0 fully saturated rings. The fourth-order valence-electron chi connectivity index (χ4n) is 1.17. The van der Waals surface area contributed by atoms with Crippen molar-refractivity contribution < 1.29 is 14.3 Å². The second kappa shape index (κ2) is 5.14. The highest BCUT2D eigenvalue weighted by Gasteiger charge is 2.06. The molecule has 15 heavy (non-hydrogen) atoms. The zero-order chi connectivity index (χ0) is 11.3. The van der Waals surface area contributed by atoms with E-state index in [1.165, 1.54) is 20.3 Å². The number of hydrogen-bond donors (Lipinski definition) is 0. The Morgan fingerprint density at radius 1 is 1.47 bits per heavy atom. The molecule has 0 amide bonds. The molecule has 4 nitrogen and oxygen atoms in total. The SMILES string of the molecule is COC(=O)/C=C(/C)c1cccnc1OC. The molecule has 0 aromatic carbocycles. The number of esters is 1. The number of carbonyl (C=O) groups excluding carboxylic acids is 1. The lowest BCUT2D eigenvalue weighted by atomic mass is 10.1. The summed E-state index contributed by atoms with van der Waals surface area (Å²) in [6.07, 6.45) is 3.04. The Morgan fingerprint density at radius 2 is 2.20 bits per heavy atom. The van der Waals surface area contributed by atoms with Crippen LogP contribution in [0.25, 0.3) is 5.57 Å². The van der Waals surface area contributed by atoms with Gasteiger partial charge in [0.25, 0.3) is 0 Å². The lowest BCUT2D eigenvalue weighted by molar-refractivity contribution is -0.134. The molecule has 1 rings (SSSR count). The molecular formula is C11H13NO3. The number of rotatable bonds is 3. The molecule has 1 aromatic rings. The van der Waals surface area contributed by atoms with Crippen LogP contribution in [0.1, 0.15) is 12.5 Å². The normalized spacial score (nSPS) is 11.0. The van der Waals surface area contributed by atoms with Gasteiger partial charge in [-0.15, -0.1) is 0 Å². The molecule has 0 unspecified atom stereocenters. The van der Waals surface area contributed by atoms with Crippen LogP contribution < -0.4 is 4.74 Å². The predicted octanol–water partition coefficient (Wildman–Crippen LogP) is 1.67. The quantitative estimate of drug-likeness (QED) is 0.558. The predicted molar refractivity (Wildman–Crippen MR) is 56.5 cm³/mol. The molecule has 0 saturated heterocycles. The Labute approximate surface area is 88.5 Å². The molecule has 0 N–H and O–H groups in total. The van der Waals surface area contributed by atoms with Gasteiger partial charge in [0.15, 0.2) is 0 Å². The maximum Gasteiger partial charge on any atom is 0.330 e. The van der Waals surface area contributed by atoms with Gasteiger partial charge in [0.2, 0.25) is 5.88 Å². The van der Waals surface area contributed by atoms with Crippen LogP contribution >= 0.6 is 0 Å². The van der Waals surface area contributed by atoms with E-state index >= 15 is 0 Å². The maximum atomic E-state index is 11.0. The number of methoxy groups -OCH3 is 2. The minimum atomic E-state index is -0.390. The van der Waals surface area contributed by atoms with Crippen LogP contribution in [0.15, 0.2) is 24.4 Å². The number of nitrogens with zero attached hydrogens (tertiary/aromatic N) is 1. The van der Waals surface area contributed by atoms with Crippen molar-refractivity contribution in [1.82, 2.24) is 4.98 Å². The Morgan fingerprint density at radius 3 is 2.80 bits per heavy atom. The largest absolute Gasteiger partial charge is 0.481 e. The van der Waals surface area contributed by atoms with Crippen LogP contribution in [-0.4, -0.2) is 25.2 Å². The van der Waals surface area contributed by atoms with Gasteiger partial charge >= 0.3 is 5.97 Å². The summed E-state index contributed by atoms with van der Waals surface area (Å²) in [5.41, 5.74) is 1.54. The second-order valence-electron chi connectivity index (χ2n) is 2.91. The van der Waals surface area contributed by atoms with Gasteiger partial charge in [-0.05, 0) is 24.6 Å². The third kappa shape index (κ3) is 2.80. The Balaban J connectivity index is 3.05. The summed E-state index contributed by atoms with van der Waals surface area (Å²) in [5.74, 6) is 0.105. The van der Waals surface area contributed by atoms with E-state index in [9.17, 15) is 4.79 Å². The van der Waals surface area contributed by atoms with Gasteiger partial charge in [0.05, 0.1) is 14.2 Å². The van der Waals surface area contributed by atoms with E-state index in [-0.39, 0.29) is 0 Å². The Bertz CT molecular complexity index is 385. The van der Waals surface area contributed by atoms with Gasteiger partial charge in [0, 0.05) is 17.8 Å². The van der Waals surface area contributed by atoms with E-state index in [1.807, 2.05) is 6.07 Å². The van der Waals surface area contributed by atoms with Gasteiger partial charge in [0.1, 0.15) is 0 Å². The summed E-state index contributed by atoms with van der Waals surface area (Å²) >= 11 is 0. The molecule has 0 aliphatic rings. The lowest BCUT2D eigenvalue weighted by Crippen LogP contribution is -1.98. The summed E-state index contributed by atoms with van der Waals surface area (Å²) in [5, 5.41) is 0. The monoisotopic (exact) mass is 207 g/mol. The molecule has 0 aliphatic carbocycles. The van der Waals surface area contributed by atoms with Crippen molar-refractivity contribution in [2.45, 2.75) is 6.92 Å². The topological polar surface area (TPSA) is 48.4 Å². The minimum absolute atomic E-state index is 0.390. The molecule has 0 atom stereocenters. The van der Waals surface area contributed by atoms with Gasteiger partial charge in [-0.3, -0.25) is 0 Å². The van der Waals surface area contributed by atoms with Crippen LogP contribution in [0, 0.1) is 0 Å². The Hall–Kier alpha value is -1.84. The Kier molecular flexibility index (Phi) is 3.85. The molecule has 4 heteroatoms. The number of ether oxygens (including phenoxy) is 2. The maximum absolute atomic E-state index is 11.0. The first-order chi connectivity index (χ1) is 7.19. The van der Waals surface area contributed by atoms with Gasteiger partial charge in [-0.25, -0.2) is 9.78 Å². The first kappa shape index (κ1) is 11.2. The summed E-state index contributed by atoms with van der Waals surface area (Å²) in [7, 11) is 2.88. The first-order valence-electron chi connectivity index (χ1n) is 4.44. The van der Waals surface area contributed by atoms with E-state index in [4.69, 9.17) is 4.74 Å². The minimum Gasteiger partial charge on any atom is -0.481 e. The lowest BCUT2D eigenvalue weighted by Gasteiger charge is -2.06. The highest BCUT2D eigenvalue weighted by atomic mass is 16.5.